The molecule has 0 atom stereocenters. The predicted molar refractivity (Wildman–Crippen MR) is 72.3 cm³/mol. The molecule has 0 saturated heterocycles. The number of aromatic nitrogens is 1. The molecule has 0 spiro atoms. The molecule has 0 aliphatic rings. The van der Waals surface area contributed by atoms with Crippen molar-refractivity contribution < 1.29 is 0 Å². The minimum absolute atomic E-state index is 0.306. The Kier molecular flexibility index (Phi) is 3.61. The van der Waals surface area contributed by atoms with E-state index in [2.05, 4.69) is 34.8 Å². The van der Waals surface area contributed by atoms with Gasteiger partial charge in [0.1, 0.15) is 16.6 Å². The number of anilines is 2. The normalized spacial score (nSPS) is 10.1. The molecule has 3 N–H and O–H groups in total. The molecule has 88 valence electrons. The first kappa shape index (κ1) is 11.9. The molecule has 4 nitrogen and oxygen atoms in total. The van der Waals surface area contributed by atoms with Gasteiger partial charge in [0.25, 0.3) is 0 Å². The van der Waals surface area contributed by atoms with E-state index in [1.165, 1.54) is 21.3 Å². The van der Waals surface area contributed by atoms with Crippen LogP contribution in [0, 0.1) is 11.3 Å². The van der Waals surface area contributed by atoms with Gasteiger partial charge in [-0.2, -0.15) is 9.64 Å². The summed E-state index contributed by atoms with van der Waals surface area (Å²) in [6.07, 6.45) is 1.06. The van der Waals surface area contributed by atoms with E-state index < -0.39 is 0 Å². The van der Waals surface area contributed by atoms with Crippen LogP contribution in [0.4, 0.5) is 10.8 Å². The van der Waals surface area contributed by atoms with Gasteiger partial charge in [-0.1, -0.05) is 6.92 Å². The number of hydrogen-bond acceptors (Lipinski definition) is 6. The molecule has 2 aromatic heterocycles. The monoisotopic (exact) mass is 264 g/mol. The Morgan fingerprint density at radius 1 is 1.47 bits per heavy atom. The molecule has 0 aliphatic heterocycles. The third kappa shape index (κ3) is 2.57. The molecule has 2 heterocycles. The van der Waals surface area contributed by atoms with Gasteiger partial charge < -0.3 is 11.1 Å². The van der Waals surface area contributed by atoms with Crippen molar-refractivity contribution in [2.75, 3.05) is 11.1 Å². The largest absolute Gasteiger partial charge is 0.382 e. The molecule has 2 rings (SSSR count). The predicted octanol–water partition coefficient (Wildman–Crippen LogP) is 2.83. The highest BCUT2D eigenvalue weighted by atomic mass is 32.1. The van der Waals surface area contributed by atoms with E-state index in [0.717, 1.165) is 11.4 Å². The molecule has 0 radical (unpaired) electrons. The highest BCUT2D eigenvalue weighted by Gasteiger charge is 2.10. The zero-order chi connectivity index (χ0) is 12.3. The molecule has 0 aliphatic carbocycles. The topological polar surface area (TPSA) is 74.7 Å². The highest BCUT2D eigenvalue weighted by Crippen LogP contribution is 2.27. The van der Waals surface area contributed by atoms with Crippen LogP contribution in [0.3, 0.4) is 0 Å². The highest BCUT2D eigenvalue weighted by molar-refractivity contribution is 7.12. The van der Waals surface area contributed by atoms with Crippen molar-refractivity contribution in [1.82, 2.24) is 4.37 Å². The minimum Gasteiger partial charge on any atom is -0.382 e. The summed E-state index contributed by atoms with van der Waals surface area (Å²) in [6.45, 7) is 2.85. The van der Waals surface area contributed by atoms with Gasteiger partial charge in [-0.15, -0.1) is 11.3 Å². The minimum atomic E-state index is 0.306. The molecule has 0 amide bonds. The summed E-state index contributed by atoms with van der Waals surface area (Å²) in [5.41, 5.74) is 6.03. The Balaban J connectivity index is 2.05. The van der Waals surface area contributed by atoms with E-state index in [-0.39, 0.29) is 0 Å². The standard InChI is InChI=1S/C11H12N4S2/c1-2-7-3-4-8(16-7)6-14-11-9(5-12)10(13)15-17-11/h3-4,14H,2,6H2,1H3,(H2,13,15). The van der Waals surface area contributed by atoms with Crippen LogP contribution in [0.25, 0.3) is 0 Å². The van der Waals surface area contributed by atoms with Crippen molar-refractivity contribution in [2.45, 2.75) is 19.9 Å². The van der Waals surface area contributed by atoms with Crippen LogP contribution in [0.1, 0.15) is 22.2 Å². The zero-order valence-electron chi connectivity index (χ0n) is 9.36. The van der Waals surface area contributed by atoms with Crippen molar-refractivity contribution >= 4 is 33.7 Å². The summed E-state index contributed by atoms with van der Waals surface area (Å²) in [4.78, 5) is 2.61. The summed E-state index contributed by atoms with van der Waals surface area (Å²) in [5.74, 6) is 0.306. The average molecular weight is 264 g/mol. The molecule has 2 aromatic rings. The maximum atomic E-state index is 8.93. The van der Waals surface area contributed by atoms with Crippen LogP contribution >= 0.6 is 22.9 Å². The first-order valence-electron chi connectivity index (χ1n) is 5.21. The first-order chi connectivity index (χ1) is 8.24. The van der Waals surface area contributed by atoms with E-state index in [4.69, 9.17) is 11.0 Å². The van der Waals surface area contributed by atoms with Crippen LogP contribution in [0.2, 0.25) is 0 Å². The van der Waals surface area contributed by atoms with Gasteiger partial charge in [0.05, 0.1) is 6.54 Å². The fourth-order valence-electron chi connectivity index (χ4n) is 1.41. The van der Waals surface area contributed by atoms with Crippen LogP contribution < -0.4 is 11.1 Å². The fraction of sp³-hybridized carbons (Fsp3) is 0.273. The molecule has 0 aromatic carbocycles. The van der Waals surface area contributed by atoms with Gasteiger partial charge in [0.2, 0.25) is 0 Å². The summed E-state index contributed by atoms with van der Waals surface area (Å²) >= 11 is 3.01. The lowest BCUT2D eigenvalue weighted by molar-refractivity contribution is 1.19. The second-order valence-electron chi connectivity index (χ2n) is 3.46. The average Bonchev–Trinajstić information content (AvgIpc) is 2.92. The van der Waals surface area contributed by atoms with Crippen LogP contribution in [-0.2, 0) is 13.0 Å². The van der Waals surface area contributed by atoms with Gasteiger partial charge in [-0.25, -0.2) is 0 Å². The summed E-state index contributed by atoms with van der Waals surface area (Å²) in [6, 6.07) is 6.30. The fourth-order valence-corrected chi connectivity index (χ4v) is 2.96. The summed E-state index contributed by atoms with van der Waals surface area (Å²) in [5, 5.41) is 12.9. The van der Waals surface area contributed by atoms with E-state index in [0.29, 0.717) is 17.9 Å². The Labute approximate surface area is 108 Å². The van der Waals surface area contributed by atoms with Gasteiger partial charge >= 0.3 is 0 Å². The number of nitrogens with two attached hydrogens (primary N) is 1. The van der Waals surface area contributed by atoms with E-state index in [1.807, 2.05) is 0 Å². The number of nitriles is 1. The Hall–Kier alpha value is -1.58. The van der Waals surface area contributed by atoms with Crippen LogP contribution in [0.5, 0.6) is 0 Å². The van der Waals surface area contributed by atoms with Crippen molar-refractivity contribution in [1.29, 1.82) is 5.26 Å². The molecule has 0 unspecified atom stereocenters. The van der Waals surface area contributed by atoms with E-state index in [1.54, 1.807) is 11.3 Å². The van der Waals surface area contributed by atoms with E-state index >= 15 is 0 Å². The van der Waals surface area contributed by atoms with Crippen molar-refractivity contribution in [2.24, 2.45) is 0 Å². The Morgan fingerprint density at radius 3 is 2.88 bits per heavy atom. The molecular weight excluding hydrogens is 252 g/mol. The lowest BCUT2D eigenvalue weighted by Crippen LogP contribution is -1.97. The van der Waals surface area contributed by atoms with Crippen LogP contribution in [-0.4, -0.2) is 4.37 Å². The SMILES string of the molecule is CCc1ccc(CNc2snc(N)c2C#N)s1. The lowest BCUT2D eigenvalue weighted by Gasteiger charge is -2.00. The molecule has 0 saturated carbocycles. The molecule has 17 heavy (non-hydrogen) atoms. The maximum absolute atomic E-state index is 8.93. The number of nitrogens with one attached hydrogen (secondary N) is 1. The van der Waals surface area contributed by atoms with Gasteiger partial charge in [-0.05, 0) is 30.1 Å². The van der Waals surface area contributed by atoms with Crippen molar-refractivity contribution in [3.63, 3.8) is 0 Å². The van der Waals surface area contributed by atoms with Crippen molar-refractivity contribution in [3.8, 4) is 6.07 Å². The number of hydrogen-bond donors (Lipinski definition) is 2. The number of aryl methyl sites for hydroxylation is 1. The molecule has 0 fully saturated rings. The van der Waals surface area contributed by atoms with E-state index in [9.17, 15) is 0 Å². The third-order valence-electron chi connectivity index (χ3n) is 2.32. The molecular formula is C11H12N4S2. The molecule has 0 bridgehead atoms. The maximum Gasteiger partial charge on any atom is 0.157 e. The second kappa shape index (κ2) is 5.17. The third-order valence-corrected chi connectivity index (χ3v) is 4.37. The van der Waals surface area contributed by atoms with Crippen LogP contribution in [0.15, 0.2) is 12.1 Å². The number of nitrogen functional groups attached to an aromatic ring is 1. The van der Waals surface area contributed by atoms with Gasteiger partial charge in [0, 0.05) is 9.75 Å². The number of thiophene rings is 1. The zero-order valence-corrected chi connectivity index (χ0v) is 11.0. The van der Waals surface area contributed by atoms with Gasteiger partial charge in [0.15, 0.2) is 5.82 Å². The van der Waals surface area contributed by atoms with Crippen molar-refractivity contribution in [3.05, 3.63) is 27.5 Å². The number of nitrogens with zero attached hydrogens (tertiary/aromatic N) is 2. The van der Waals surface area contributed by atoms with Gasteiger partial charge in [-0.3, -0.25) is 0 Å². The Morgan fingerprint density at radius 2 is 2.24 bits per heavy atom. The first-order valence-corrected chi connectivity index (χ1v) is 6.80. The lowest BCUT2D eigenvalue weighted by atomic mass is 10.3. The quantitative estimate of drug-likeness (QED) is 0.890. The summed E-state index contributed by atoms with van der Waals surface area (Å²) < 4.78 is 3.96. The molecule has 6 heteroatoms. The smallest absolute Gasteiger partial charge is 0.157 e. The summed E-state index contributed by atoms with van der Waals surface area (Å²) in [7, 11) is 0. The number of rotatable bonds is 4. The Bertz CT molecular complexity index is 550. The second-order valence-corrected chi connectivity index (χ2v) is 5.49.